The summed E-state index contributed by atoms with van der Waals surface area (Å²) in [7, 11) is 1.61. The molecule has 0 saturated carbocycles. The van der Waals surface area contributed by atoms with Gasteiger partial charge >= 0.3 is 5.69 Å². The highest BCUT2D eigenvalue weighted by molar-refractivity contribution is 7.12. The highest BCUT2D eigenvalue weighted by Gasteiger charge is 2.27. The van der Waals surface area contributed by atoms with Gasteiger partial charge in [-0.15, -0.1) is 11.3 Å². The lowest BCUT2D eigenvalue weighted by atomic mass is 10.0. The quantitative estimate of drug-likeness (QED) is 0.655. The van der Waals surface area contributed by atoms with Crippen LogP contribution in [0.15, 0.2) is 46.6 Å². The Kier molecular flexibility index (Phi) is 5.25. The zero-order chi connectivity index (χ0) is 19.5. The van der Waals surface area contributed by atoms with Gasteiger partial charge in [0.1, 0.15) is 10.8 Å². The van der Waals surface area contributed by atoms with Crippen LogP contribution in [0.25, 0.3) is 5.00 Å². The molecule has 3 aromatic rings. The first kappa shape index (κ1) is 18.4. The standard InChI is InChI=1S/C19H21N5O3S/c1-27-16-6-3-2-5-14(16)13-17(25)22-10-8-15(9-11-22)23-19(26)24(21-20-23)18-7-4-12-28-18/h2-7,12,15H,8-11,13H2,1H3. The highest BCUT2D eigenvalue weighted by Crippen LogP contribution is 2.23. The molecule has 0 spiro atoms. The predicted molar refractivity (Wildman–Crippen MR) is 105 cm³/mol. The Hall–Kier alpha value is -2.94. The van der Waals surface area contributed by atoms with Gasteiger partial charge in [0.2, 0.25) is 5.91 Å². The summed E-state index contributed by atoms with van der Waals surface area (Å²) in [4.78, 5) is 27.1. The maximum absolute atomic E-state index is 12.7. The number of aromatic nitrogens is 4. The van der Waals surface area contributed by atoms with Gasteiger partial charge in [-0.1, -0.05) is 18.2 Å². The number of nitrogens with zero attached hydrogens (tertiary/aromatic N) is 5. The molecule has 0 bridgehead atoms. The molecule has 4 rings (SSSR count). The third-order valence-corrected chi connectivity index (χ3v) is 5.86. The minimum Gasteiger partial charge on any atom is -0.496 e. The third kappa shape index (κ3) is 3.57. The van der Waals surface area contributed by atoms with E-state index in [0.29, 0.717) is 32.4 Å². The van der Waals surface area contributed by atoms with Crippen LogP contribution in [0.3, 0.4) is 0 Å². The number of hydrogen-bond acceptors (Lipinski definition) is 6. The fourth-order valence-electron chi connectivity index (χ4n) is 3.50. The van der Waals surface area contributed by atoms with E-state index >= 15 is 0 Å². The summed E-state index contributed by atoms with van der Waals surface area (Å²) in [6.45, 7) is 1.19. The summed E-state index contributed by atoms with van der Waals surface area (Å²) in [6, 6.07) is 11.2. The number of piperidine rings is 1. The van der Waals surface area contributed by atoms with E-state index in [2.05, 4.69) is 10.4 Å². The zero-order valence-electron chi connectivity index (χ0n) is 15.5. The Morgan fingerprint density at radius 2 is 1.96 bits per heavy atom. The molecule has 9 heteroatoms. The molecule has 2 aromatic heterocycles. The summed E-state index contributed by atoms with van der Waals surface area (Å²) in [5.74, 6) is 0.792. The van der Waals surface area contributed by atoms with E-state index < -0.39 is 0 Å². The van der Waals surface area contributed by atoms with E-state index in [1.807, 2.05) is 46.7 Å². The molecule has 0 atom stereocenters. The van der Waals surface area contributed by atoms with Crippen LogP contribution < -0.4 is 10.4 Å². The molecular formula is C19H21N5O3S. The first-order chi connectivity index (χ1) is 13.7. The largest absolute Gasteiger partial charge is 0.496 e. The average molecular weight is 399 g/mol. The smallest absolute Gasteiger partial charge is 0.369 e. The summed E-state index contributed by atoms with van der Waals surface area (Å²) in [6.07, 6.45) is 1.67. The van der Waals surface area contributed by atoms with E-state index in [-0.39, 0.29) is 17.6 Å². The topological polar surface area (TPSA) is 82.2 Å². The van der Waals surface area contributed by atoms with Crippen LogP contribution in [0.1, 0.15) is 24.4 Å². The molecule has 146 valence electrons. The molecule has 1 fully saturated rings. The summed E-state index contributed by atoms with van der Waals surface area (Å²) in [5.41, 5.74) is 0.647. The predicted octanol–water partition coefficient (Wildman–Crippen LogP) is 1.91. The highest BCUT2D eigenvalue weighted by atomic mass is 32.1. The fraction of sp³-hybridized carbons (Fsp3) is 0.368. The Morgan fingerprint density at radius 3 is 2.68 bits per heavy atom. The first-order valence-corrected chi connectivity index (χ1v) is 10.0. The monoisotopic (exact) mass is 399 g/mol. The van der Waals surface area contributed by atoms with Gasteiger partial charge in [-0.2, -0.15) is 9.36 Å². The lowest BCUT2D eigenvalue weighted by Crippen LogP contribution is -2.41. The Bertz CT molecular complexity index is 1000. The van der Waals surface area contributed by atoms with Crippen molar-refractivity contribution in [2.24, 2.45) is 0 Å². The number of methoxy groups -OCH3 is 1. The Labute approximate surface area is 165 Å². The van der Waals surface area contributed by atoms with Crippen LogP contribution in [0.5, 0.6) is 5.75 Å². The van der Waals surface area contributed by atoms with E-state index in [4.69, 9.17) is 4.74 Å². The second-order valence-corrected chi connectivity index (χ2v) is 7.60. The van der Waals surface area contributed by atoms with Crippen molar-refractivity contribution in [3.63, 3.8) is 0 Å². The van der Waals surface area contributed by atoms with Crippen molar-refractivity contribution >= 4 is 17.2 Å². The van der Waals surface area contributed by atoms with Gasteiger partial charge in [0.05, 0.1) is 19.6 Å². The second-order valence-electron chi connectivity index (χ2n) is 6.67. The molecular weight excluding hydrogens is 378 g/mol. The zero-order valence-corrected chi connectivity index (χ0v) is 16.3. The molecule has 1 aliphatic heterocycles. The Morgan fingerprint density at radius 1 is 1.18 bits per heavy atom. The summed E-state index contributed by atoms with van der Waals surface area (Å²) in [5, 5.41) is 10.7. The maximum atomic E-state index is 12.7. The van der Waals surface area contributed by atoms with Gasteiger partial charge in [-0.05, 0) is 46.8 Å². The number of tetrazole rings is 1. The molecule has 0 aliphatic carbocycles. The van der Waals surface area contributed by atoms with E-state index in [1.165, 1.54) is 20.7 Å². The maximum Gasteiger partial charge on any atom is 0.369 e. The van der Waals surface area contributed by atoms with Gasteiger partial charge in [-0.3, -0.25) is 4.79 Å². The number of carbonyl (C=O) groups excluding carboxylic acids is 1. The van der Waals surface area contributed by atoms with Crippen molar-refractivity contribution in [3.05, 3.63) is 57.8 Å². The van der Waals surface area contributed by atoms with Crippen molar-refractivity contribution in [3.8, 4) is 10.8 Å². The van der Waals surface area contributed by atoms with Gasteiger partial charge < -0.3 is 9.64 Å². The van der Waals surface area contributed by atoms with Crippen LogP contribution in [0.4, 0.5) is 0 Å². The number of ether oxygens (including phenoxy) is 1. The van der Waals surface area contributed by atoms with Gasteiger partial charge in [0.25, 0.3) is 0 Å². The van der Waals surface area contributed by atoms with Crippen LogP contribution in [0.2, 0.25) is 0 Å². The van der Waals surface area contributed by atoms with Crippen molar-refractivity contribution < 1.29 is 9.53 Å². The number of thiophene rings is 1. The normalized spacial score (nSPS) is 15.0. The number of benzene rings is 1. The number of rotatable bonds is 5. The van der Waals surface area contributed by atoms with Crippen molar-refractivity contribution in [2.75, 3.05) is 20.2 Å². The number of likely N-dealkylation sites (tertiary alicyclic amines) is 1. The molecule has 0 N–H and O–H groups in total. The molecule has 0 radical (unpaired) electrons. The van der Waals surface area contributed by atoms with Gasteiger partial charge in [0.15, 0.2) is 0 Å². The molecule has 1 amide bonds. The van der Waals surface area contributed by atoms with E-state index in [1.54, 1.807) is 7.11 Å². The fourth-order valence-corrected chi connectivity index (χ4v) is 4.17. The van der Waals surface area contributed by atoms with Crippen molar-refractivity contribution in [1.29, 1.82) is 0 Å². The molecule has 1 saturated heterocycles. The van der Waals surface area contributed by atoms with Crippen LogP contribution in [0, 0.1) is 0 Å². The number of carbonyl (C=O) groups is 1. The van der Waals surface area contributed by atoms with Crippen LogP contribution >= 0.6 is 11.3 Å². The molecule has 1 aliphatic rings. The summed E-state index contributed by atoms with van der Waals surface area (Å²) < 4.78 is 8.10. The number of hydrogen-bond donors (Lipinski definition) is 0. The minimum absolute atomic E-state index is 0.0449. The first-order valence-electron chi connectivity index (χ1n) is 9.15. The van der Waals surface area contributed by atoms with Crippen LogP contribution in [-0.2, 0) is 11.2 Å². The summed E-state index contributed by atoms with van der Waals surface area (Å²) >= 11 is 1.44. The number of amides is 1. The molecule has 3 heterocycles. The lowest BCUT2D eigenvalue weighted by Gasteiger charge is -2.31. The molecule has 1 aromatic carbocycles. The molecule has 8 nitrogen and oxygen atoms in total. The van der Waals surface area contributed by atoms with Gasteiger partial charge in [0, 0.05) is 18.7 Å². The van der Waals surface area contributed by atoms with Gasteiger partial charge in [-0.25, -0.2) is 4.79 Å². The third-order valence-electron chi connectivity index (χ3n) is 5.02. The van der Waals surface area contributed by atoms with Crippen molar-refractivity contribution in [1.82, 2.24) is 24.7 Å². The molecule has 0 unspecified atom stereocenters. The lowest BCUT2D eigenvalue weighted by molar-refractivity contribution is -0.131. The van der Waals surface area contributed by atoms with E-state index in [0.717, 1.165) is 16.3 Å². The average Bonchev–Trinajstić information content (AvgIpc) is 3.38. The SMILES string of the molecule is COc1ccccc1CC(=O)N1CCC(n2nnn(-c3cccs3)c2=O)CC1. The molecule has 28 heavy (non-hydrogen) atoms. The minimum atomic E-state index is -0.235. The second kappa shape index (κ2) is 7.97. The Balaban J connectivity index is 1.40. The number of para-hydroxylation sites is 1. The van der Waals surface area contributed by atoms with E-state index in [9.17, 15) is 9.59 Å². The van der Waals surface area contributed by atoms with Crippen molar-refractivity contribution in [2.45, 2.75) is 25.3 Å². The van der Waals surface area contributed by atoms with Crippen LogP contribution in [-0.4, -0.2) is 50.8 Å².